The van der Waals surface area contributed by atoms with Gasteiger partial charge in [0.05, 0.1) is 0 Å². The van der Waals surface area contributed by atoms with Crippen molar-refractivity contribution in [2.24, 2.45) is 0 Å². The van der Waals surface area contributed by atoms with Crippen molar-refractivity contribution in [3.8, 4) is 0 Å². The first-order valence-electron chi connectivity index (χ1n) is 6.07. The molecule has 2 heterocycles. The molecule has 2 aliphatic heterocycles. The van der Waals surface area contributed by atoms with E-state index in [9.17, 15) is 4.79 Å². The summed E-state index contributed by atoms with van der Waals surface area (Å²) in [5.74, 6) is 0.358. The molecule has 1 saturated heterocycles. The summed E-state index contributed by atoms with van der Waals surface area (Å²) in [7, 11) is 0. The Kier molecular flexibility index (Phi) is 2.15. The van der Waals surface area contributed by atoms with Crippen molar-refractivity contribution in [1.29, 1.82) is 0 Å². The number of hydrogen-bond donors (Lipinski definition) is 0. The lowest BCUT2D eigenvalue weighted by molar-refractivity contribution is -0.116. The van der Waals surface area contributed by atoms with E-state index in [2.05, 4.69) is 17.1 Å². The first kappa shape index (κ1) is 9.20. The Morgan fingerprint density at radius 1 is 1.20 bits per heavy atom. The van der Waals surface area contributed by atoms with Gasteiger partial charge in [0.15, 0.2) is 5.78 Å². The molecule has 0 aromatic heterocycles. The van der Waals surface area contributed by atoms with Gasteiger partial charge in [0, 0.05) is 30.3 Å². The summed E-state index contributed by atoms with van der Waals surface area (Å²) >= 11 is 0. The van der Waals surface area contributed by atoms with Crippen LogP contribution in [0.2, 0.25) is 0 Å². The van der Waals surface area contributed by atoms with Crippen LogP contribution in [0.25, 0.3) is 0 Å². The summed E-state index contributed by atoms with van der Waals surface area (Å²) in [6, 6.07) is 0.586. The van der Waals surface area contributed by atoms with E-state index in [4.69, 9.17) is 0 Å². The van der Waals surface area contributed by atoms with Gasteiger partial charge >= 0.3 is 0 Å². The summed E-state index contributed by atoms with van der Waals surface area (Å²) in [5, 5.41) is 0. The van der Waals surface area contributed by atoms with Gasteiger partial charge in [-0.15, -0.1) is 0 Å². The molecule has 0 saturated carbocycles. The zero-order valence-electron chi connectivity index (χ0n) is 9.04. The number of ketones is 1. The number of hydrogen-bond acceptors (Lipinski definition) is 2. The summed E-state index contributed by atoms with van der Waals surface area (Å²) in [6.45, 7) is 1.15. The fourth-order valence-electron chi connectivity index (χ4n) is 3.03. The average Bonchev–Trinajstić information content (AvgIpc) is 2.29. The van der Waals surface area contributed by atoms with Gasteiger partial charge in [0.2, 0.25) is 0 Å². The van der Waals surface area contributed by atoms with Gasteiger partial charge in [-0.05, 0) is 32.1 Å². The van der Waals surface area contributed by atoms with E-state index in [1.54, 1.807) is 0 Å². The first-order chi connectivity index (χ1) is 7.36. The van der Waals surface area contributed by atoms with E-state index < -0.39 is 0 Å². The van der Waals surface area contributed by atoms with Crippen LogP contribution in [0.4, 0.5) is 0 Å². The number of fused-ring (bicyclic) bond motifs is 2. The Hall–Kier alpha value is -1.05. The highest BCUT2D eigenvalue weighted by Gasteiger charge is 2.30. The van der Waals surface area contributed by atoms with Crippen LogP contribution in [0.1, 0.15) is 38.5 Å². The number of nitrogens with zero attached hydrogens (tertiary/aromatic N) is 1. The van der Waals surface area contributed by atoms with Crippen molar-refractivity contribution in [2.75, 3.05) is 6.54 Å². The topological polar surface area (TPSA) is 20.3 Å². The summed E-state index contributed by atoms with van der Waals surface area (Å²) in [4.78, 5) is 14.2. The third kappa shape index (κ3) is 1.43. The fraction of sp³-hybridized carbons (Fsp3) is 0.615. The molecule has 1 aliphatic carbocycles. The Bertz CT molecular complexity index is 354. The second kappa shape index (κ2) is 3.51. The zero-order chi connectivity index (χ0) is 10.3. The number of allylic oxidation sites excluding steroid dienone is 3. The minimum atomic E-state index is 0.358. The molecular weight excluding hydrogens is 186 g/mol. The van der Waals surface area contributed by atoms with Gasteiger partial charge < -0.3 is 4.90 Å². The average molecular weight is 203 g/mol. The molecule has 3 aliphatic rings. The van der Waals surface area contributed by atoms with Crippen LogP contribution in [0.3, 0.4) is 0 Å². The predicted octanol–water partition coefficient (Wildman–Crippen LogP) is 2.42. The van der Waals surface area contributed by atoms with Crippen molar-refractivity contribution in [3.63, 3.8) is 0 Å². The number of carbonyl (C=O) groups is 1. The monoisotopic (exact) mass is 203 g/mol. The molecule has 0 N–H and O–H groups in total. The standard InChI is InChI=1S/C13H17NO/c15-13-6-3-5-12-11(13)8-7-10-4-1-2-9-14(10)12/h7-8,10H,1-6,9H2/t10-/m0/s1. The maximum atomic E-state index is 11.8. The summed E-state index contributed by atoms with van der Waals surface area (Å²) in [6.07, 6.45) is 11.1. The van der Waals surface area contributed by atoms with Gasteiger partial charge in [0.25, 0.3) is 0 Å². The minimum Gasteiger partial charge on any atom is -0.368 e. The van der Waals surface area contributed by atoms with Crippen molar-refractivity contribution >= 4 is 5.78 Å². The minimum absolute atomic E-state index is 0.358. The highest BCUT2D eigenvalue weighted by molar-refractivity contribution is 5.99. The van der Waals surface area contributed by atoms with Gasteiger partial charge in [-0.3, -0.25) is 4.79 Å². The Labute approximate surface area is 90.6 Å². The largest absolute Gasteiger partial charge is 0.368 e. The van der Waals surface area contributed by atoms with E-state index in [1.165, 1.54) is 25.0 Å². The van der Waals surface area contributed by atoms with Gasteiger partial charge in [0.1, 0.15) is 0 Å². The van der Waals surface area contributed by atoms with Crippen molar-refractivity contribution < 1.29 is 4.79 Å². The molecule has 15 heavy (non-hydrogen) atoms. The van der Waals surface area contributed by atoms with E-state index in [1.807, 2.05) is 0 Å². The maximum Gasteiger partial charge on any atom is 0.164 e. The molecule has 0 bridgehead atoms. The smallest absolute Gasteiger partial charge is 0.164 e. The van der Waals surface area contributed by atoms with E-state index in [0.717, 1.165) is 31.4 Å². The van der Waals surface area contributed by atoms with Crippen LogP contribution >= 0.6 is 0 Å². The number of rotatable bonds is 0. The molecule has 2 nitrogen and oxygen atoms in total. The molecule has 2 heteroatoms. The molecule has 80 valence electrons. The van der Waals surface area contributed by atoms with Crippen LogP contribution in [0, 0.1) is 0 Å². The van der Waals surface area contributed by atoms with E-state index in [0.29, 0.717) is 11.8 Å². The summed E-state index contributed by atoms with van der Waals surface area (Å²) < 4.78 is 0. The molecule has 0 aromatic rings. The van der Waals surface area contributed by atoms with E-state index in [-0.39, 0.29) is 0 Å². The van der Waals surface area contributed by atoms with Crippen molar-refractivity contribution in [2.45, 2.75) is 44.6 Å². The third-order valence-corrected chi connectivity index (χ3v) is 3.81. The van der Waals surface area contributed by atoms with Crippen LogP contribution in [0.15, 0.2) is 23.4 Å². The normalized spacial score (nSPS) is 30.3. The quantitative estimate of drug-likeness (QED) is 0.602. The molecule has 0 spiro atoms. The number of piperidine rings is 1. The zero-order valence-corrected chi connectivity index (χ0v) is 9.04. The van der Waals surface area contributed by atoms with Gasteiger partial charge in [-0.1, -0.05) is 12.2 Å². The highest BCUT2D eigenvalue weighted by atomic mass is 16.1. The van der Waals surface area contributed by atoms with Crippen LogP contribution in [0.5, 0.6) is 0 Å². The molecule has 0 aromatic carbocycles. The highest BCUT2D eigenvalue weighted by Crippen LogP contribution is 2.34. The first-order valence-corrected chi connectivity index (χ1v) is 6.07. The number of carbonyl (C=O) groups excluding carboxylic acids is 1. The van der Waals surface area contributed by atoms with Gasteiger partial charge in [-0.25, -0.2) is 0 Å². The van der Waals surface area contributed by atoms with Crippen molar-refractivity contribution in [3.05, 3.63) is 23.4 Å². The Balaban J connectivity index is 1.97. The lowest BCUT2D eigenvalue weighted by atomic mass is 9.87. The predicted molar refractivity (Wildman–Crippen MR) is 59.4 cm³/mol. The molecular formula is C13H17NO. The lowest BCUT2D eigenvalue weighted by Crippen LogP contribution is -2.41. The van der Waals surface area contributed by atoms with Crippen LogP contribution in [-0.4, -0.2) is 23.3 Å². The van der Waals surface area contributed by atoms with Gasteiger partial charge in [-0.2, -0.15) is 0 Å². The van der Waals surface area contributed by atoms with Crippen LogP contribution in [-0.2, 0) is 4.79 Å². The summed E-state index contributed by atoms with van der Waals surface area (Å²) in [5.41, 5.74) is 2.36. The second-order valence-corrected chi connectivity index (χ2v) is 4.75. The van der Waals surface area contributed by atoms with Crippen molar-refractivity contribution in [1.82, 2.24) is 4.90 Å². The lowest BCUT2D eigenvalue weighted by Gasteiger charge is -2.42. The fourth-order valence-corrected chi connectivity index (χ4v) is 3.03. The number of Topliss-reactive ketones (excluding diaryl/α,β-unsaturated/α-hetero) is 1. The molecule has 0 amide bonds. The Morgan fingerprint density at radius 2 is 2.13 bits per heavy atom. The molecule has 1 atom stereocenters. The molecule has 3 rings (SSSR count). The molecule has 1 fully saturated rings. The van der Waals surface area contributed by atoms with E-state index >= 15 is 0 Å². The van der Waals surface area contributed by atoms with Crippen LogP contribution < -0.4 is 0 Å². The Morgan fingerprint density at radius 3 is 3.07 bits per heavy atom. The second-order valence-electron chi connectivity index (χ2n) is 4.75. The maximum absolute atomic E-state index is 11.8. The molecule has 0 unspecified atom stereocenters. The SMILES string of the molecule is O=C1CCCC2=C1C=C[C@@H]1CCCCN21. The molecule has 0 radical (unpaired) electrons. The third-order valence-electron chi connectivity index (χ3n) is 3.81.